The molecule has 0 unspecified atom stereocenters. The Balaban J connectivity index is 0. The second kappa shape index (κ2) is 10.5. The number of carbonyl (C=O) groups is 4. The largest absolute Gasteiger partial charge is 1.00 e. The number of aliphatic carboxylic acids is 3. The van der Waals surface area contributed by atoms with Gasteiger partial charge in [0.05, 0.1) is 18.4 Å². The second-order valence-electron chi connectivity index (χ2n) is 5.45. The van der Waals surface area contributed by atoms with E-state index in [1.807, 2.05) is 4.72 Å². The maximum absolute atomic E-state index is 11.1. The van der Waals surface area contributed by atoms with Crippen LogP contribution >= 0.6 is 7.82 Å². The zero-order valence-electron chi connectivity index (χ0n) is 16.1. The predicted molar refractivity (Wildman–Crippen MR) is 90.2 cm³/mol. The molecule has 0 atom stereocenters. The van der Waals surface area contributed by atoms with Gasteiger partial charge in [-0.1, -0.05) is 12.1 Å². The standard InChI is InChI=1S/C7H5NO3S.C6H9O10P.Na.H/c9-7-5-3-1-2-4-6(5)12(10,11)8-7;7-3(8)1-6(5(11)12,2-4(9)10)16-17(13,14)15;;/h1-4H,(H,8,9);1-2H2,(H,7,8)(H,9,10)(H,11,12)(H2,13,14,15);;/q;;+1;-1. The number of phosphoric ester groups is 1. The topological polar surface area (TPSA) is 242 Å². The smallest absolute Gasteiger partial charge is 1.00 e. The first-order chi connectivity index (χ1) is 13.1. The third kappa shape index (κ3) is 7.77. The molecule has 1 amide bonds. The van der Waals surface area contributed by atoms with Crippen molar-refractivity contribution in [2.24, 2.45) is 0 Å². The minimum absolute atomic E-state index is 0. The van der Waals surface area contributed by atoms with Crippen molar-refractivity contribution in [1.29, 1.82) is 0 Å². The molecule has 1 heterocycles. The maximum Gasteiger partial charge on any atom is 1.00 e. The number of amides is 1. The van der Waals surface area contributed by atoms with Crippen LogP contribution in [0, 0.1) is 0 Å². The fraction of sp³-hybridized carbons (Fsp3) is 0.231. The van der Waals surface area contributed by atoms with Crippen molar-refractivity contribution < 1.29 is 92.8 Å². The fourth-order valence-electron chi connectivity index (χ4n) is 2.15. The molecule has 0 spiro atoms. The summed E-state index contributed by atoms with van der Waals surface area (Å²) in [7, 11) is -8.92. The number of nitrogens with one attached hydrogen (secondary N) is 1. The van der Waals surface area contributed by atoms with Crippen LogP contribution in [0.5, 0.6) is 0 Å². The number of sulfonamides is 1. The van der Waals surface area contributed by atoms with E-state index in [1.165, 1.54) is 12.1 Å². The number of phosphoric acid groups is 1. The van der Waals surface area contributed by atoms with Gasteiger partial charge in [0.1, 0.15) is 4.90 Å². The van der Waals surface area contributed by atoms with Crippen LogP contribution in [0.15, 0.2) is 29.2 Å². The van der Waals surface area contributed by atoms with Crippen LogP contribution in [0.1, 0.15) is 24.6 Å². The van der Waals surface area contributed by atoms with E-state index in [1.54, 1.807) is 12.1 Å². The Bertz CT molecular complexity index is 992. The van der Waals surface area contributed by atoms with Gasteiger partial charge in [0.25, 0.3) is 15.9 Å². The predicted octanol–water partition coefficient (Wildman–Crippen LogP) is -3.90. The molecule has 0 saturated heterocycles. The quantitative estimate of drug-likeness (QED) is 0.162. The molecule has 14 nitrogen and oxygen atoms in total. The van der Waals surface area contributed by atoms with Crippen molar-refractivity contribution in [2.75, 3.05) is 0 Å². The third-order valence-corrected chi connectivity index (χ3v) is 5.18. The summed E-state index contributed by atoms with van der Waals surface area (Å²) in [5.74, 6) is -6.19. The van der Waals surface area contributed by atoms with Crippen LogP contribution in [0.3, 0.4) is 0 Å². The Morgan fingerprint density at radius 2 is 1.53 bits per heavy atom. The van der Waals surface area contributed by atoms with Gasteiger partial charge >= 0.3 is 55.3 Å². The van der Waals surface area contributed by atoms with Crippen molar-refractivity contribution in [3.63, 3.8) is 0 Å². The molecule has 30 heavy (non-hydrogen) atoms. The maximum atomic E-state index is 11.1. The van der Waals surface area contributed by atoms with E-state index in [2.05, 4.69) is 4.52 Å². The van der Waals surface area contributed by atoms with Gasteiger partial charge in [-0.25, -0.2) is 22.5 Å². The summed E-state index contributed by atoms with van der Waals surface area (Å²) in [6, 6.07) is 6.09. The molecule has 1 aliphatic rings. The van der Waals surface area contributed by atoms with Crippen molar-refractivity contribution >= 4 is 41.7 Å². The summed E-state index contributed by atoms with van der Waals surface area (Å²) in [6.45, 7) is 0. The molecule has 162 valence electrons. The van der Waals surface area contributed by atoms with Gasteiger partial charge in [0, 0.05) is 0 Å². The van der Waals surface area contributed by atoms with Crippen LogP contribution < -0.4 is 34.3 Å². The molecule has 0 aliphatic carbocycles. The van der Waals surface area contributed by atoms with Crippen LogP contribution in [-0.2, 0) is 33.5 Å². The van der Waals surface area contributed by atoms with Gasteiger partial charge in [-0.15, -0.1) is 0 Å². The van der Waals surface area contributed by atoms with Crippen LogP contribution in [0.4, 0.5) is 0 Å². The molecule has 0 bridgehead atoms. The van der Waals surface area contributed by atoms with Gasteiger partial charge in [-0.3, -0.25) is 18.9 Å². The second-order valence-corrected chi connectivity index (χ2v) is 8.27. The number of carbonyl (C=O) groups excluding carboxylic acids is 1. The SMILES string of the molecule is O=C(O)CC(CC(=O)O)(OP(=O)(O)O)C(=O)O.O=C1NS(=O)(=O)c2ccccc21.[H-].[Na+]. The van der Waals surface area contributed by atoms with Gasteiger partial charge in [0.2, 0.25) is 0 Å². The Hall–Kier alpha value is -1.84. The summed E-state index contributed by atoms with van der Waals surface area (Å²) in [5.41, 5.74) is -2.80. The normalized spacial score (nSPS) is 14.3. The number of carboxylic acids is 3. The number of benzene rings is 1. The molecular formula is C13H15NNaO13PS. The molecule has 0 aromatic heterocycles. The summed E-state index contributed by atoms with van der Waals surface area (Å²) in [6.07, 6.45) is -2.81. The first kappa shape index (κ1) is 28.2. The van der Waals surface area contributed by atoms with Crippen LogP contribution in [0.25, 0.3) is 0 Å². The molecular weight excluding hydrogens is 464 g/mol. The Morgan fingerprint density at radius 3 is 1.90 bits per heavy atom. The number of rotatable bonds is 7. The summed E-state index contributed by atoms with van der Waals surface area (Å²) < 4.78 is 38.5. The van der Waals surface area contributed by atoms with Gasteiger partial charge in [-0.2, -0.15) is 0 Å². The van der Waals surface area contributed by atoms with E-state index in [0.29, 0.717) is 0 Å². The molecule has 6 N–H and O–H groups in total. The van der Waals surface area contributed by atoms with E-state index in [0.717, 1.165) is 0 Å². The molecule has 17 heteroatoms. The molecule has 0 radical (unpaired) electrons. The van der Waals surface area contributed by atoms with Crippen molar-refractivity contribution in [2.45, 2.75) is 23.3 Å². The summed E-state index contributed by atoms with van der Waals surface area (Å²) >= 11 is 0. The molecule has 2 rings (SSSR count). The molecule has 0 saturated carbocycles. The Morgan fingerprint density at radius 1 is 1.07 bits per heavy atom. The molecule has 1 aliphatic heterocycles. The van der Waals surface area contributed by atoms with E-state index >= 15 is 0 Å². The van der Waals surface area contributed by atoms with Gasteiger partial charge in [-0.05, 0) is 12.1 Å². The number of carboxylic acid groups (broad SMARTS) is 3. The van der Waals surface area contributed by atoms with Gasteiger partial charge < -0.3 is 26.5 Å². The van der Waals surface area contributed by atoms with Gasteiger partial charge in [0.15, 0.2) is 5.60 Å². The zero-order chi connectivity index (χ0) is 22.6. The number of hydrogen-bond acceptors (Lipinski definition) is 8. The molecule has 1 aromatic rings. The van der Waals surface area contributed by atoms with E-state index in [9.17, 15) is 32.2 Å². The average molecular weight is 479 g/mol. The first-order valence-corrected chi connectivity index (χ1v) is 10.2. The average Bonchev–Trinajstić information content (AvgIpc) is 2.74. The van der Waals surface area contributed by atoms with Crippen LogP contribution in [0.2, 0.25) is 0 Å². The minimum Gasteiger partial charge on any atom is -1.00 e. The molecule has 0 fully saturated rings. The zero-order valence-corrected chi connectivity index (χ0v) is 18.8. The fourth-order valence-corrected chi connectivity index (χ4v) is 3.99. The molecule has 1 aromatic carbocycles. The van der Waals surface area contributed by atoms with Crippen LogP contribution in [-0.4, -0.2) is 62.9 Å². The first-order valence-electron chi connectivity index (χ1n) is 7.19. The number of fused-ring (bicyclic) bond motifs is 1. The summed E-state index contributed by atoms with van der Waals surface area (Å²) in [4.78, 5) is 59.6. The summed E-state index contributed by atoms with van der Waals surface area (Å²) in [5, 5.41) is 25.5. The third-order valence-electron chi connectivity index (χ3n) is 3.21. The number of hydrogen-bond donors (Lipinski definition) is 6. The monoisotopic (exact) mass is 479 g/mol. The van der Waals surface area contributed by atoms with E-state index < -0.39 is 60.1 Å². The van der Waals surface area contributed by atoms with Crippen molar-refractivity contribution in [3.8, 4) is 0 Å². The Kier molecular flexibility index (Phi) is 9.82. The van der Waals surface area contributed by atoms with Crippen molar-refractivity contribution in [1.82, 2.24) is 4.72 Å². The van der Waals surface area contributed by atoms with Crippen molar-refractivity contribution in [3.05, 3.63) is 29.8 Å². The van der Waals surface area contributed by atoms with E-state index in [-0.39, 0.29) is 41.4 Å². The minimum atomic E-state index is -5.36. The van der Waals surface area contributed by atoms with E-state index in [4.69, 9.17) is 25.1 Å². The Labute approximate surface area is 191 Å².